The van der Waals surface area contributed by atoms with Crippen LogP contribution in [0.5, 0.6) is 5.75 Å². The van der Waals surface area contributed by atoms with E-state index in [1.165, 1.54) is 24.8 Å². The van der Waals surface area contributed by atoms with Gasteiger partial charge in [0.2, 0.25) is 0 Å². The summed E-state index contributed by atoms with van der Waals surface area (Å²) in [5.74, 6) is 1.68. The normalized spacial score (nSPS) is 15.2. The van der Waals surface area contributed by atoms with Gasteiger partial charge in [0.15, 0.2) is 12.4 Å². The third-order valence-corrected chi connectivity index (χ3v) is 4.84. The zero-order valence-electron chi connectivity index (χ0n) is 15.5. The lowest BCUT2D eigenvalue weighted by Gasteiger charge is -2.22. The van der Waals surface area contributed by atoms with Crippen LogP contribution in [0.4, 0.5) is 0 Å². The highest BCUT2D eigenvalue weighted by molar-refractivity contribution is 5.77. The van der Waals surface area contributed by atoms with Crippen molar-refractivity contribution >= 4 is 5.91 Å². The topological polar surface area (TPSA) is 81.9 Å². The van der Waals surface area contributed by atoms with Gasteiger partial charge in [0.25, 0.3) is 5.91 Å². The molecule has 1 aliphatic rings. The van der Waals surface area contributed by atoms with Crippen LogP contribution in [-0.4, -0.2) is 32.7 Å². The number of hydrogen-bond acceptors (Lipinski definition) is 5. The van der Waals surface area contributed by atoms with Crippen LogP contribution in [0.1, 0.15) is 69.3 Å². The Balaban J connectivity index is 1.46. The molecule has 1 aromatic heterocycles. The predicted octanol–water partition coefficient (Wildman–Crippen LogP) is 3.00. The summed E-state index contributed by atoms with van der Waals surface area (Å²) in [6, 6.07) is 8.19. The molecule has 0 radical (unpaired) electrons. The Bertz CT molecular complexity index is 705. The Morgan fingerprint density at radius 3 is 2.65 bits per heavy atom. The summed E-state index contributed by atoms with van der Waals surface area (Å²) >= 11 is 0. The molecule has 26 heavy (non-hydrogen) atoms. The molecule has 1 heterocycles. The maximum Gasteiger partial charge on any atom is 0.258 e. The Labute approximate surface area is 154 Å². The molecule has 1 N–H and O–H groups in total. The number of amides is 1. The first-order chi connectivity index (χ1) is 12.6. The van der Waals surface area contributed by atoms with Gasteiger partial charge in [0.1, 0.15) is 5.75 Å². The van der Waals surface area contributed by atoms with Gasteiger partial charge in [-0.2, -0.15) is 0 Å². The molecular formula is C19H27N5O2. The number of carbonyl (C=O) groups excluding carboxylic acids is 1. The lowest BCUT2D eigenvalue weighted by Crippen LogP contribution is -2.30. The van der Waals surface area contributed by atoms with Crippen molar-refractivity contribution in [3.63, 3.8) is 0 Å². The van der Waals surface area contributed by atoms with Crippen molar-refractivity contribution in [3.05, 3.63) is 35.7 Å². The maximum atomic E-state index is 12.1. The van der Waals surface area contributed by atoms with Gasteiger partial charge in [-0.3, -0.25) is 4.79 Å². The lowest BCUT2D eigenvalue weighted by molar-refractivity contribution is -0.123. The smallest absolute Gasteiger partial charge is 0.258 e. The number of benzene rings is 1. The molecule has 140 valence electrons. The number of ether oxygens (including phenoxy) is 1. The van der Waals surface area contributed by atoms with Crippen LogP contribution in [0.2, 0.25) is 0 Å². The summed E-state index contributed by atoms with van der Waals surface area (Å²) < 4.78 is 7.41. The molecule has 1 amide bonds. The van der Waals surface area contributed by atoms with Crippen molar-refractivity contribution in [2.75, 3.05) is 6.61 Å². The lowest BCUT2D eigenvalue weighted by atomic mass is 9.96. The first-order valence-electron chi connectivity index (χ1n) is 9.39. The van der Waals surface area contributed by atoms with E-state index in [4.69, 9.17) is 4.74 Å². The average Bonchev–Trinajstić information content (AvgIpc) is 3.14. The zero-order chi connectivity index (χ0) is 18.4. The molecule has 0 saturated heterocycles. The standard InChI is InChI=1S/C19H27N5O2/c1-14(2)15-8-10-17(11-9-15)26-13-19(25)20-12-18-21-22-23-24(18)16-6-4-3-5-7-16/h8-11,14,16H,3-7,12-13H2,1-2H3,(H,20,25). The van der Waals surface area contributed by atoms with E-state index in [0.29, 0.717) is 30.1 Å². The third-order valence-electron chi connectivity index (χ3n) is 4.84. The highest BCUT2D eigenvalue weighted by atomic mass is 16.5. The molecule has 3 rings (SSSR count). The molecule has 0 bridgehead atoms. The Hall–Kier alpha value is -2.44. The van der Waals surface area contributed by atoms with Crippen molar-refractivity contribution in [3.8, 4) is 5.75 Å². The van der Waals surface area contributed by atoms with E-state index in [2.05, 4.69) is 34.7 Å². The summed E-state index contributed by atoms with van der Waals surface area (Å²) in [6.45, 7) is 4.58. The monoisotopic (exact) mass is 357 g/mol. The highest BCUT2D eigenvalue weighted by Crippen LogP contribution is 2.27. The molecule has 0 unspecified atom stereocenters. The Morgan fingerprint density at radius 1 is 1.23 bits per heavy atom. The molecule has 2 aromatic rings. The van der Waals surface area contributed by atoms with Crippen molar-refractivity contribution in [1.82, 2.24) is 25.5 Å². The summed E-state index contributed by atoms with van der Waals surface area (Å²) in [7, 11) is 0. The van der Waals surface area contributed by atoms with Crippen LogP contribution < -0.4 is 10.1 Å². The zero-order valence-corrected chi connectivity index (χ0v) is 15.5. The Morgan fingerprint density at radius 2 is 1.96 bits per heavy atom. The molecule has 1 fully saturated rings. The second-order valence-corrected chi connectivity index (χ2v) is 7.12. The van der Waals surface area contributed by atoms with Gasteiger partial charge in [-0.25, -0.2) is 4.68 Å². The summed E-state index contributed by atoms with van der Waals surface area (Å²) in [6.07, 6.45) is 5.89. The number of nitrogens with zero attached hydrogens (tertiary/aromatic N) is 4. The Kier molecular flexibility index (Phi) is 6.20. The molecule has 1 aromatic carbocycles. The maximum absolute atomic E-state index is 12.1. The van der Waals surface area contributed by atoms with Gasteiger partial charge >= 0.3 is 0 Å². The first kappa shape index (κ1) is 18.4. The van der Waals surface area contributed by atoms with Crippen LogP contribution in [-0.2, 0) is 11.3 Å². The van der Waals surface area contributed by atoms with E-state index in [1.54, 1.807) is 0 Å². The van der Waals surface area contributed by atoms with E-state index in [-0.39, 0.29) is 12.5 Å². The quantitative estimate of drug-likeness (QED) is 0.824. The second-order valence-electron chi connectivity index (χ2n) is 7.12. The fraction of sp³-hybridized carbons (Fsp3) is 0.579. The number of hydrogen-bond donors (Lipinski definition) is 1. The summed E-state index contributed by atoms with van der Waals surface area (Å²) in [4.78, 5) is 12.1. The summed E-state index contributed by atoms with van der Waals surface area (Å²) in [5, 5.41) is 14.8. The highest BCUT2D eigenvalue weighted by Gasteiger charge is 2.20. The van der Waals surface area contributed by atoms with Crippen LogP contribution in [0.25, 0.3) is 0 Å². The number of nitrogens with one attached hydrogen (secondary N) is 1. The van der Waals surface area contributed by atoms with Crippen molar-refractivity contribution in [2.24, 2.45) is 0 Å². The molecule has 1 aliphatic carbocycles. The van der Waals surface area contributed by atoms with E-state index in [1.807, 2.05) is 28.9 Å². The SMILES string of the molecule is CC(C)c1ccc(OCC(=O)NCc2nnnn2C2CCCCC2)cc1. The fourth-order valence-electron chi connectivity index (χ4n) is 3.26. The van der Waals surface area contributed by atoms with Crippen LogP contribution in [0, 0.1) is 0 Å². The molecule has 0 spiro atoms. The second kappa shape index (κ2) is 8.78. The number of carbonyl (C=O) groups is 1. The van der Waals surface area contributed by atoms with Crippen molar-refractivity contribution in [2.45, 2.75) is 64.5 Å². The van der Waals surface area contributed by atoms with Gasteiger partial charge < -0.3 is 10.1 Å². The van der Waals surface area contributed by atoms with E-state index in [0.717, 1.165) is 12.8 Å². The number of tetrazole rings is 1. The minimum absolute atomic E-state index is 0.0218. The van der Waals surface area contributed by atoms with Crippen LogP contribution >= 0.6 is 0 Å². The van der Waals surface area contributed by atoms with E-state index in [9.17, 15) is 4.79 Å². The molecule has 7 heteroatoms. The molecule has 7 nitrogen and oxygen atoms in total. The third kappa shape index (κ3) is 4.80. The van der Waals surface area contributed by atoms with Gasteiger partial charge in [-0.15, -0.1) is 5.10 Å². The van der Waals surface area contributed by atoms with Crippen molar-refractivity contribution < 1.29 is 9.53 Å². The van der Waals surface area contributed by atoms with Crippen molar-refractivity contribution in [1.29, 1.82) is 0 Å². The van der Waals surface area contributed by atoms with Crippen LogP contribution in [0.3, 0.4) is 0 Å². The predicted molar refractivity (Wildman–Crippen MR) is 97.8 cm³/mol. The van der Waals surface area contributed by atoms with Gasteiger partial charge in [0.05, 0.1) is 12.6 Å². The van der Waals surface area contributed by atoms with Gasteiger partial charge in [-0.05, 0) is 46.9 Å². The minimum atomic E-state index is -0.184. The number of aromatic nitrogens is 4. The fourth-order valence-corrected chi connectivity index (χ4v) is 3.26. The molecule has 0 atom stereocenters. The molecule has 1 saturated carbocycles. The van der Waals surface area contributed by atoms with E-state index < -0.39 is 0 Å². The number of rotatable bonds is 7. The first-order valence-corrected chi connectivity index (χ1v) is 9.39. The van der Waals surface area contributed by atoms with Gasteiger partial charge in [0, 0.05) is 0 Å². The molecule has 0 aliphatic heterocycles. The van der Waals surface area contributed by atoms with Gasteiger partial charge in [-0.1, -0.05) is 45.2 Å². The summed E-state index contributed by atoms with van der Waals surface area (Å²) in [5.41, 5.74) is 1.25. The average molecular weight is 357 g/mol. The largest absolute Gasteiger partial charge is 0.484 e. The minimum Gasteiger partial charge on any atom is -0.484 e. The van der Waals surface area contributed by atoms with Crippen LogP contribution in [0.15, 0.2) is 24.3 Å². The van der Waals surface area contributed by atoms with E-state index >= 15 is 0 Å². The molecular weight excluding hydrogens is 330 g/mol.